The van der Waals surface area contributed by atoms with E-state index >= 15 is 0 Å². The number of likely N-dealkylation sites (N-methyl/N-ethyl adjacent to an activating group) is 1. The van der Waals surface area contributed by atoms with Crippen LogP contribution in [0, 0.1) is 6.92 Å². The predicted octanol–water partition coefficient (Wildman–Crippen LogP) is 2.95. The summed E-state index contributed by atoms with van der Waals surface area (Å²) in [7, 11) is 1.70. The molecule has 1 aromatic heterocycles. The molecule has 0 saturated carbocycles. The first-order chi connectivity index (χ1) is 14.9. The molecule has 7 nitrogen and oxygen atoms in total. The van der Waals surface area contributed by atoms with Gasteiger partial charge in [0.25, 0.3) is 5.91 Å². The van der Waals surface area contributed by atoms with E-state index in [9.17, 15) is 9.59 Å². The molecule has 2 amide bonds. The van der Waals surface area contributed by atoms with Crippen LogP contribution in [0.4, 0.5) is 5.69 Å². The number of rotatable bonds is 3. The molecule has 0 N–H and O–H groups in total. The van der Waals surface area contributed by atoms with E-state index in [4.69, 9.17) is 16.3 Å². The lowest BCUT2D eigenvalue weighted by Crippen LogP contribution is -2.74. The Morgan fingerprint density at radius 2 is 1.81 bits per heavy atom. The topological polar surface area (TPSA) is 75.6 Å². The highest BCUT2D eigenvalue weighted by Gasteiger charge is 2.66. The highest BCUT2D eigenvalue weighted by Crippen LogP contribution is 2.53. The molecule has 2 aliphatic rings. The van der Waals surface area contributed by atoms with Gasteiger partial charge < -0.3 is 14.5 Å². The molecule has 31 heavy (non-hydrogen) atoms. The summed E-state index contributed by atoms with van der Waals surface area (Å²) in [6, 6.07) is 15.0. The fourth-order valence-corrected chi connectivity index (χ4v) is 4.55. The lowest BCUT2D eigenvalue weighted by Gasteiger charge is -2.55. The van der Waals surface area contributed by atoms with Gasteiger partial charge in [0.15, 0.2) is 0 Å². The molecule has 5 rings (SSSR count). The number of carbonyl (C=O) groups is 2. The Bertz CT molecular complexity index is 1190. The van der Waals surface area contributed by atoms with Gasteiger partial charge in [0, 0.05) is 35.7 Å². The summed E-state index contributed by atoms with van der Waals surface area (Å²) in [5, 5.41) is 0.501. The van der Waals surface area contributed by atoms with Crippen LogP contribution in [0.25, 0.3) is 0 Å². The Balaban J connectivity index is 1.76. The van der Waals surface area contributed by atoms with E-state index in [2.05, 4.69) is 9.97 Å². The smallest absolute Gasteiger partial charge is 0.317 e. The SMILES string of the molecule is Cc1cnc(O[C@@H]2C(=O)N3CC(=O)N(C)c4ccc(Cl)cc4[C@@]23c2ccccc2)nc1. The second-order valence-corrected chi connectivity index (χ2v) is 8.15. The van der Waals surface area contributed by atoms with E-state index in [0.29, 0.717) is 10.7 Å². The molecule has 0 unspecified atom stereocenters. The molecule has 1 saturated heterocycles. The van der Waals surface area contributed by atoms with E-state index in [1.165, 1.54) is 0 Å². The van der Waals surface area contributed by atoms with E-state index < -0.39 is 11.6 Å². The van der Waals surface area contributed by atoms with Crippen molar-refractivity contribution in [1.82, 2.24) is 14.9 Å². The molecule has 0 spiro atoms. The maximum Gasteiger partial charge on any atom is 0.317 e. The second-order valence-electron chi connectivity index (χ2n) is 7.71. The monoisotopic (exact) mass is 434 g/mol. The zero-order valence-electron chi connectivity index (χ0n) is 16.9. The largest absolute Gasteiger partial charge is 0.447 e. The second kappa shape index (κ2) is 7.06. The van der Waals surface area contributed by atoms with E-state index in [1.807, 2.05) is 37.3 Å². The van der Waals surface area contributed by atoms with Crippen molar-refractivity contribution in [2.24, 2.45) is 0 Å². The van der Waals surface area contributed by atoms with Gasteiger partial charge >= 0.3 is 6.01 Å². The summed E-state index contributed by atoms with van der Waals surface area (Å²) in [6.07, 6.45) is 2.32. The number of carbonyl (C=O) groups excluding carboxylic acids is 2. The number of aromatic nitrogens is 2. The van der Waals surface area contributed by atoms with Gasteiger partial charge in [0.1, 0.15) is 12.1 Å². The quantitative estimate of drug-likeness (QED) is 0.592. The molecule has 156 valence electrons. The summed E-state index contributed by atoms with van der Waals surface area (Å²) in [4.78, 5) is 37.7. The first kappa shape index (κ1) is 19.5. The van der Waals surface area contributed by atoms with Crippen molar-refractivity contribution in [2.45, 2.75) is 18.6 Å². The molecular formula is C23H19ClN4O3. The number of β-lactam (4-membered cyclic amide) rings is 1. The van der Waals surface area contributed by atoms with Crippen molar-refractivity contribution in [3.63, 3.8) is 0 Å². The number of anilines is 1. The fraction of sp³-hybridized carbons (Fsp3) is 0.217. The van der Waals surface area contributed by atoms with Crippen LogP contribution in [0.5, 0.6) is 6.01 Å². The molecule has 0 aliphatic carbocycles. The number of fused-ring (bicyclic) bond motifs is 3. The predicted molar refractivity (Wildman–Crippen MR) is 115 cm³/mol. The zero-order valence-corrected chi connectivity index (χ0v) is 17.7. The third-order valence-electron chi connectivity index (χ3n) is 5.89. The summed E-state index contributed by atoms with van der Waals surface area (Å²) < 4.78 is 6.08. The number of aryl methyl sites for hydroxylation is 1. The highest BCUT2D eigenvalue weighted by molar-refractivity contribution is 6.30. The van der Waals surface area contributed by atoms with Gasteiger partial charge in [-0.25, -0.2) is 9.97 Å². The van der Waals surface area contributed by atoms with E-state index in [0.717, 1.165) is 16.7 Å². The molecule has 0 radical (unpaired) electrons. The molecule has 0 bridgehead atoms. The standard InChI is InChI=1S/C23H19ClN4O3/c1-14-11-25-22(26-12-14)31-20-21(30)28-13-19(29)27(2)18-9-8-16(24)10-17(18)23(20,28)15-6-4-3-5-7-15/h3-12,20H,13H2,1-2H3/t20-,23+/m1/s1. The van der Waals surface area contributed by atoms with Crippen molar-refractivity contribution >= 4 is 29.1 Å². The van der Waals surface area contributed by atoms with Gasteiger partial charge in [-0.15, -0.1) is 0 Å². The average molecular weight is 435 g/mol. The van der Waals surface area contributed by atoms with Gasteiger partial charge in [-0.1, -0.05) is 41.9 Å². The first-order valence-electron chi connectivity index (χ1n) is 9.82. The molecule has 2 atom stereocenters. The highest BCUT2D eigenvalue weighted by atomic mass is 35.5. The van der Waals surface area contributed by atoms with E-state index in [1.54, 1.807) is 47.4 Å². The van der Waals surface area contributed by atoms with Crippen LogP contribution < -0.4 is 9.64 Å². The van der Waals surface area contributed by atoms with Crippen molar-refractivity contribution in [1.29, 1.82) is 0 Å². The van der Waals surface area contributed by atoms with Crippen LogP contribution in [0.1, 0.15) is 16.7 Å². The maximum atomic E-state index is 13.3. The lowest BCUT2D eigenvalue weighted by molar-refractivity contribution is -0.178. The minimum Gasteiger partial charge on any atom is -0.447 e. The molecule has 2 aliphatic heterocycles. The number of amides is 2. The van der Waals surface area contributed by atoms with Crippen LogP contribution in [0.2, 0.25) is 5.02 Å². The molecule has 2 aromatic carbocycles. The number of hydrogen-bond acceptors (Lipinski definition) is 5. The first-order valence-corrected chi connectivity index (χ1v) is 10.2. The molecule has 3 heterocycles. The third-order valence-corrected chi connectivity index (χ3v) is 6.12. The van der Waals surface area contributed by atoms with Gasteiger partial charge in [0.2, 0.25) is 12.0 Å². The molecule has 1 fully saturated rings. The molecule has 8 heteroatoms. The maximum absolute atomic E-state index is 13.3. The Morgan fingerprint density at radius 1 is 1.10 bits per heavy atom. The Labute approximate surface area is 184 Å². The van der Waals surface area contributed by atoms with Crippen molar-refractivity contribution in [3.05, 3.63) is 82.6 Å². The number of halogens is 1. The Kier molecular flexibility index (Phi) is 4.44. The van der Waals surface area contributed by atoms with Crippen LogP contribution >= 0.6 is 11.6 Å². The summed E-state index contributed by atoms with van der Waals surface area (Å²) in [6.45, 7) is 1.79. The summed E-state index contributed by atoms with van der Waals surface area (Å²) in [5.74, 6) is -0.498. The normalized spacial score (nSPS) is 22.4. The van der Waals surface area contributed by atoms with Crippen LogP contribution in [0.15, 0.2) is 60.9 Å². The summed E-state index contributed by atoms with van der Waals surface area (Å²) >= 11 is 6.39. The number of ether oxygens (including phenoxy) is 1. The van der Waals surface area contributed by atoms with Crippen LogP contribution in [-0.4, -0.2) is 46.4 Å². The van der Waals surface area contributed by atoms with E-state index in [-0.39, 0.29) is 24.4 Å². The van der Waals surface area contributed by atoms with Crippen molar-refractivity contribution in [2.75, 3.05) is 18.5 Å². The van der Waals surface area contributed by atoms with Crippen LogP contribution in [0.3, 0.4) is 0 Å². The minimum absolute atomic E-state index is 0.0782. The Hall–Kier alpha value is -3.45. The third kappa shape index (κ3) is 2.80. The van der Waals surface area contributed by atoms with Crippen molar-refractivity contribution in [3.8, 4) is 6.01 Å². The van der Waals surface area contributed by atoms with Gasteiger partial charge in [-0.2, -0.15) is 0 Å². The zero-order chi connectivity index (χ0) is 21.8. The Morgan fingerprint density at radius 3 is 2.52 bits per heavy atom. The van der Waals surface area contributed by atoms with Gasteiger partial charge in [-0.3, -0.25) is 9.59 Å². The summed E-state index contributed by atoms with van der Waals surface area (Å²) in [5.41, 5.74) is 2.04. The van der Waals surface area contributed by atoms with Gasteiger partial charge in [0.05, 0.1) is 0 Å². The van der Waals surface area contributed by atoms with Crippen LogP contribution in [-0.2, 0) is 15.1 Å². The van der Waals surface area contributed by atoms with Crippen molar-refractivity contribution < 1.29 is 14.3 Å². The molecule has 3 aromatic rings. The number of hydrogen-bond donors (Lipinski definition) is 0. The molecular weight excluding hydrogens is 416 g/mol. The van der Waals surface area contributed by atoms with Gasteiger partial charge in [-0.05, 0) is 36.2 Å². The lowest BCUT2D eigenvalue weighted by atomic mass is 9.69. The minimum atomic E-state index is -1.05. The number of nitrogens with zero attached hydrogens (tertiary/aromatic N) is 4. The average Bonchev–Trinajstić information content (AvgIpc) is 2.86. The fourth-order valence-electron chi connectivity index (χ4n) is 4.38. The number of benzene rings is 2.